The molecular formula is FOTi2+5. The van der Waals surface area contributed by atoms with E-state index in [4.69, 9.17) is 0 Å². The van der Waals surface area contributed by atoms with Gasteiger partial charge in [0.05, 0.1) is 0 Å². The summed E-state index contributed by atoms with van der Waals surface area (Å²) in [4.78, 5) is 0. The standard InChI is InChI=1S/FH.O.2Ti/h1H;;;/q;-2;2*+4/p-1. The van der Waals surface area contributed by atoms with Gasteiger partial charge < -0.3 is 10.2 Å². The molecule has 0 saturated heterocycles. The predicted molar refractivity (Wildman–Crippen MR) is 0.686 cm³/mol. The molecule has 0 fully saturated rings. The van der Waals surface area contributed by atoms with Gasteiger partial charge >= 0.3 is 43.4 Å². The van der Waals surface area contributed by atoms with Crippen LogP contribution in [-0.2, 0) is 48.9 Å². The molecule has 0 heterocycles. The minimum absolute atomic E-state index is 0. The molecule has 0 aromatic carbocycles. The molecular weight excluding hydrogens is 131 g/mol. The van der Waals surface area contributed by atoms with Crippen molar-refractivity contribution in [2.24, 2.45) is 0 Å². The van der Waals surface area contributed by atoms with Crippen LogP contribution in [0.25, 0.3) is 0 Å². The van der Waals surface area contributed by atoms with E-state index >= 15 is 0 Å². The molecule has 0 atom stereocenters. The van der Waals surface area contributed by atoms with Crippen LogP contribution in [-0.4, -0.2) is 0 Å². The largest absolute Gasteiger partial charge is 4.00 e. The van der Waals surface area contributed by atoms with Crippen molar-refractivity contribution in [3.05, 3.63) is 0 Å². The van der Waals surface area contributed by atoms with Gasteiger partial charge in [0.2, 0.25) is 0 Å². The SMILES string of the molecule is [F-].[O-2].[Ti+4].[Ti+4]. The Kier molecular flexibility index (Phi) is 390. The number of hydrogen-bond acceptors (Lipinski definition) is 0. The van der Waals surface area contributed by atoms with Crippen molar-refractivity contribution in [1.29, 1.82) is 0 Å². The maximum Gasteiger partial charge on any atom is 4.00 e. The minimum Gasteiger partial charge on any atom is -2.00 e. The molecule has 4 heteroatoms. The Morgan fingerprint density at radius 1 is 0.750 bits per heavy atom. The van der Waals surface area contributed by atoms with Crippen molar-refractivity contribution in [2.75, 3.05) is 0 Å². The van der Waals surface area contributed by atoms with Crippen LogP contribution in [0, 0.1) is 0 Å². The normalized spacial score (nSPS) is 0. The summed E-state index contributed by atoms with van der Waals surface area (Å²) >= 11 is 0. The van der Waals surface area contributed by atoms with E-state index in [1.165, 1.54) is 0 Å². The molecule has 0 bridgehead atoms. The smallest absolute Gasteiger partial charge is 2.00 e. The predicted octanol–water partition coefficient (Wildman–Crippen LogP) is -3.12. The molecule has 16 valence electrons. The fourth-order valence-electron chi connectivity index (χ4n) is 0. The van der Waals surface area contributed by atoms with Gasteiger partial charge in [0.25, 0.3) is 0 Å². The van der Waals surface area contributed by atoms with Crippen LogP contribution in [0.15, 0.2) is 0 Å². The van der Waals surface area contributed by atoms with Gasteiger partial charge in [-0.2, -0.15) is 0 Å². The molecule has 0 aromatic rings. The summed E-state index contributed by atoms with van der Waals surface area (Å²) < 4.78 is 0. The first-order valence-corrected chi connectivity index (χ1v) is 0. The second-order valence-electron chi connectivity index (χ2n) is 0. The zero-order chi connectivity index (χ0) is 0. The Labute approximate surface area is 53.6 Å². The molecule has 0 aromatic heterocycles. The summed E-state index contributed by atoms with van der Waals surface area (Å²) in [6.07, 6.45) is 0. The molecule has 1 nitrogen and oxygen atoms in total. The zero-order valence-electron chi connectivity index (χ0n) is 1.79. The number of hydrogen-bond donors (Lipinski definition) is 0. The van der Waals surface area contributed by atoms with Crippen LogP contribution in [0.5, 0.6) is 0 Å². The zero-order valence-corrected chi connectivity index (χ0v) is 4.91. The molecule has 0 aliphatic rings. The Hall–Kier alpha value is 1.32. The topological polar surface area (TPSA) is 28.5 Å². The first-order chi connectivity index (χ1) is 0. The molecule has 0 spiro atoms. The molecule has 4 heavy (non-hydrogen) atoms. The van der Waals surface area contributed by atoms with Crippen LogP contribution in [0.2, 0.25) is 0 Å². The van der Waals surface area contributed by atoms with Gasteiger partial charge in [0.15, 0.2) is 0 Å². The monoisotopic (exact) mass is 131 g/mol. The van der Waals surface area contributed by atoms with Crippen molar-refractivity contribution in [3.8, 4) is 0 Å². The quantitative estimate of drug-likeness (QED) is 0.311. The van der Waals surface area contributed by atoms with Gasteiger partial charge in [0.1, 0.15) is 0 Å². The van der Waals surface area contributed by atoms with Crippen molar-refractivity contribution < 1.29 is 53.6 Å². The molecule has 0 rings (SSSR count). The van der Waals surface area contributed by atoms with E-state index in [9.17, 15) is 0 Å². The Balaban J connectivity index is 0. The summed E-state index contributed by atoms with van der Waals surface area (Å²) in [6, 6.07) is 0. The van der Waals surface area contributed by atoms with Crippen molar-refractivity contribution in [1.82, 2.24) is 0 Å². The van der Waals surface area contributed by atoms with Gasteiger partial charge in [-0.1, -0.05) is 0 Å². The summed E-state index contributed by atoms with van der Waals surface area (Å²) in [6.45, 7) is 0. The second kappa shape index (κ2) is 27.4. The van der Waals surface area contributed by atoms with E-state index in [0.29, 0.717) is 0 Å². The van der Waals surface area contributed by atoms with E-state index < -0.39 is 0 Å². The molecule has 0 aliphatic carbocycles. The summed E-state index contributed by atoms with van der Waals surface area (Å²) in [5.74, 6) is 0. The maximum atomic E-state index is 0. The van der Waals surface area contributed by atoms with Crippen molar-refractivity contribution >= 4 is 0 Å². The van der Waals surface area contributed by atoms with E-state index in [1.807, 2.05) is 0 Å². The molecule has 0 N–H and O–H groups in total. The average molecular weight is 131 g/mol. The third kappa shape index (κ3) is 10.3. The first-order valence-electron chi connectivity index (χ1n) is 0. The maximum absolute atomic E-state index is 0. The van der Waals surface area contributed by atoms with E-state index in [1.54, 1.807) is 0 Å². The van der Waals surface area contributed by atoms with E-state index in [2.05, 4.69) is 0 Å². The molecule has 0 radical (unpaired) electrons. The summed E-state index contributed by atoms with van der Waals surface area (Å²) in [5, 5.41) is 0. The summed E-state index contributed by atoms with van der Waals surface area (Å²) in [7, 11) is 0. The van der Waals surface area contributed by atoms with Crippen molar-refractivity contribution in [2.45, 2.75) is 0 Å². The van der Waals surface area contributed by atoms with Gasteiger partial charge in [-0.15, -0.1) is 0 Å². The minimum atomic E-state index is 0. The van der Waals surface area contributed by atoms with Crippen LogP contribution in [0.3, 0.4) is 0 Å². The number of rotatable bonds is 0. The van der Waals surface area contributed by atoms with Gasteiger partial charge in [-0.05, 0) is 0 Å². The average Bonchev–Trinajstić information content (AvgIpc) is 0. The van der Waals surface area contributed by atoms with Crippen LogP contribution < -0.4 is 4.70 Å². The van der Waals surface area contributed by atoms with E-state index in [-0.39, 0.29) is 53.6 Å². The van der Waals surface area contributed by atoms with Crippen LogP contribution >= 0.6 is 0 Å². The molecule has 0 aliphatic heterocycles. The fourth-order valence-corrected chi connectivity index (χ4v) is 0. The molecule has 0 saturated carbocycles. The van der Waals surface area contributed by atoms with Crippen LogP contribution in [0.4, 0.5) is 0 Å². The van der Waals surface area contributed by atoms with Crippen LogP contribution in [0.1, 0.15) is 0 Å². The molecule has 0 amide bonds. The fraction of sp³-hybridized carbons (Fsp3) is 0. The second-order valence-corrected chi connectivity index (χ2v) is 0. The number of halogens is 1. The molecule has 0 unspecified atom stereocenters. The third-order valence-corrected chi connectivity index (χ3v) is 0. The summed E-state index contributed by atoms with van der Waals surface area (Å²) in [5.41, 5.74) is 0. The Bertz CT molecular complexity index is 6.00. The van der Waals surface area contributed by atoms with E-state index in [0.717, 1.165) is 0 Å². The van der Waals surface area contributed by atoms with Crippen molar-refractivity contribution in [3.63, 3.8) is 0 Å². The Morgan fingerprint density at radius 3 is 0.750 bits per heavy atom. The first kappa shape index (κ1) is 57.1. The van der Waals surface area contributed by atoms with Gasteiger partial charge in [0, 0.05) is 0 Å². The van der Waals surface area contributed by atoms with Gasteiger partial charge in [-0.25, -0.2) is 0 Å². The Morgan fingerprint density at radius 2 is 0.750 bits per heavy atom. The van der Waals surface area contributed by atoms with Gasteiger partial charge in [-0.3, -0.25) is 0 Å². The third-order valence-electron chi connectivity index (χ3n) is 0.